The molecule has 142 valence electrons. The number of benzene rings is 2. The van der Waals surface area contributed by atoms with Gasteiger partial charge in [-0.05, 0) is 30.3 Å². The van der Waals surface area contributed by atoms with Gasteiger partial charge in [0.25, 0.3) is 5.92 Å². The van der Waals surface area contributed by atoms with Crippen molar-refractivity contribution in [2.24, 2.45) is 0 Å². The fourth-order valence-corrected chi connectivity index (χ4v) is 2.45. The van der Waals surface area contributed by atoms with Gasteiger partial charge in [0.05, 0.1) is 17.4 Å². The largest absolute Gasteiger partial charge is 0.487 e. The SMILES string of the molecule is CC(F)(F)COc1cccc(F)c1.O=C1CCN1c1ccc2nc[nH]c2c1. The lowest BCUT2D eigenvalue weighted by molar-refractivity contribution is -0.122. The number of H-pyrrole nitrogens is 1. The van der Waals surface area contributed by atoms with E-state index < -0.39 is 18.3 Å². The van der Waals surface area contributed by atoms with Crippen LogP contribution < -0.4 is 9.64 Å². The number of amides is 1. The second-order valence-corrected chi connectivity index (χ2v) is 6.22. The number of anilines is 1. The molecule has 5 nitrogen and oxygen atoms in total. The highest BCUT2D eigenvalue weighted by Crippen LogP contribution is 2.24. The first kappa shape index (κ1) is 18.8. The van der Waals surface area contributed by atoms with E-state index in [1.165, 1.54) is 18.2 Å². The molecule has 1 amide bonds. The maximum Gasteiger partial charge on any atom is 0.278 e. The number of ether oxygens (including phenoxy) is 1. The van der Waals surface area contributed by atoms with Crippen molar-refractivity contribution in [3.8, 4) is 5.75 Å². The molecule has 0 aliphatic carbocycles. The molecule has 0 unspecified atom stereocenters. The molecule has 0 atom stereocenters. The Kier molecular flexibility index (Phi) is 5.34. The third-order valence-electron chi connectivity index (χ3n) is 3.85. The number of carbonyl (C=O) groups excluding carboxylic acids is 1. The summed E-state index contributed by atoms with van der Waals surface area (Å²) in [6.07, 6.45) is 2.33. The van der Waals surface area contributed by atoms with Gasteiger partial charge in [-0.25, -0.2) is 18.2 Å². The molecular formula is C19H18F3N3O2. The van der Waals surface area contributed by atoms with E-state index in [-0.39, 0.29) is 11.7 Å². The van der Waals surface area contributed by atoms with Gasteiger partial charge in [0.15, 0.2) is 6.61 Å². The summed E-state index contributed by atoms with van der Waals surface area (Å²) >= 11 is 0. The number of hydrogen-bond donors (Lipinski definition) is 1. The Morgan fingerprint density at radius 2 is 2.07 bits per heavy atom. The van der Waals surface area contributed by atoms with Gasteiger partial charge in [0, 0.05) is 31.6 Å². The van der Waals surface area contributed by atoms with Crippen LogP contribution in [0.5, 0.6) is 5.75 Å². The van der Waals surface area contributed by atoms with Crippen molar-refractivity contribution < 1.29 is 22.7 Å². The second kappa shape index (κ2) is 7.69. The molecule has 0 saturated carbocycles. The Balaban J connectivity index is 0.000000157. The molecule has 4 rings (SSSR count). The quantitative estimate of drug-likeness (QED) is 0.695. The number of nitrogens with one attached hydrogen (secondary N) is 1. The number of rotatable bonds is 4. The lowest BCUT2D eigenvalue weighted by atomic mass is 10.1. The van der Waals surface area contributed by atoms with Crippen molar-refractivity contribution >= 4 is 22.6 Å². The Hall–Kier alpha value is -3.03. The van der Waals surface area contributed by atoms with Gasteiger partial charge in [-0.2, -0.15) is 0 Å². The molecule has 27 heavy (non-hydrogen) atoms. The number of imidazole rings is 1. The van der Waals surface area contributed by atoms with Crippen LogP contribution in [0.2, 0.25) is 0 Å². The number of β-lactam (4-membered cyclic amide) rings is 1. The van der Waals surface area contributed by atoms with E-state index in [0.29, 0.717) is 6.42 Å². The minimum atomic E-state index is -2.90. The standard InChI is InChI=1S/C10H9N3O.C9H9F3O/c14-10-3-4-13(10)7-1-2-8-9(5-7)12-6-11-8;1-9(11,12)6-13-8-4-2-3-7(10)5-8/h1-2,5-6H,3-4H2,(H,11,12);2-5H,6H2,1H3. The number of aromatic nitrogens is 2. The summed E-state index contributed by atoms with van der Waals surface area (Å²) < 4.78 is 41.8. The van der Waals surface area contributed by atoms with Crippen molar-refractivity contribution in [3.63, 3.8) is 0 Å². The van der Waals surface area contributed by atoms with Crippen LogP contribution in [0.25, 0.3) is 11.0 Å². The van der Waals surface area contributed by atoms with E-state index in [9.17, 15) is 18.0 Å². The molecule has 3 aromatic rings. The van der Waals surface area contributed by atoms with Crippen LogP contribution in [-0.2, 0) is 4.79 Å². The van der Waals surface area contributed by atoms with Crippen LogP contribution >= 0.6 is 0 Å². The molecule has 1 saturated heterocycles. The highest BCUT2D eigenvalue weighted by Gasteiger charge is 2.25. The lowest BCUT2D eigenvalue weighted by Crippen LogP contribution is -2.43. The Labute approximate surface area is 153 Å². The summed E-state index contributed by atoms with van der Waals surface area (Å²) in [7, 11) is 0. The molecule has 8 heteroatoms. The topological polar surface area (TPSA) is 58.2 Å². The summed E-state index contributed by atoms with van der Waals surface area (Å²) in [5, 5.41) is 0. The lowest BCUT2D eigenvalue weighted by Gasteiger charge is -2.30. The predicted octanol–water partition coefficient (Wildman–Crippen LogP) is 4.16. The molecule has 0 radical (unpaired) electrons. The summed E-state index contributed by atoms with van der Waals surface area (Å²) in [5.41, 5.74) is 2.86. The van der Waals surface area contributed by atoms with E-state index in [2.05, 4.69) is 14.7 Å². The maximum atomic E-state index is 12.5. The van der Waals surface area contributed by atoms with Gasteiger partial charge in [0.1, 0.15) is 11.6 Å². The molecule has 2 aromatic carbocycles. The Morgan fingerprint density at radius 3 is 2.70 bits per heavy atom. The number of carbonyl (C=O) groups is 1. The number of aromatic amines is 1. The van der Waals surface area contributed by atoms with Gasteiger partial charge in [-0.15, -0.1) is 0 Å². The zero-order valence-corrected chi connectivity index (χ0v) is 14.6. The minimum Gasteiger partial charge on any atom is -0.487 e. The molecule has 2 heterocycles. The average molecular weight is 377 g/mol. The highest BCUT2D eigenvalue weighted by atomic mass is 19.3. The van der Waals surface area contributed by atoms with Gasteiger partial charge in [0.2, 0.25) is 5.91 Å². The number of nitrogens with zero attached hydrogens (tertiary/aromatic N) is 2. The van der Waals surface area contributed by atoms with Crippen molar-refractivity contribution in [1.82, 2.24) is 9.97 Å². The molecule has 1 aliphatic heterocycles. The number of hydrogen-bond acceptors (Lipinski definition) is 3. The van der Waals surface area contributed by atoms with Crippen LogP contribution in [-0.4, -0.2) is 34.9 Å². The van der Waals surface area contributed by atoms with Crippen LogP contribution in [0.1, 0.15) is 13.3 Å². The van der Waals surface area contributed by atoms with Crippen molar-refractivity contribution in [3.05, 3.63) is 54.6 Å². The zero-order valence-electron chi connectivity index (χ0n) is 14.6. The molecule has 0 spiro atoms. The van der Waals surface area contributed by atoms with Crippen LogP contribution in [0.3, 0.4) is 0 Å². The average Bonchev–Trinajstić information content (AvgIpc) is 3.07. The number of halogens is 3. The first-order valence-electron chi connectivity index (χ1n) is 8.31. The van der Waals surface area contributed by atoms with Gasteiger partial charge in [-0.3, -0.25) is 4.79 Å². The van der Waals surface area contributed by atoms with Gasteiger partial charge >= 0.3 is 0 Å². The second-order valence-electron chi connectivity index (χ2n) is 6.22. The van der Waals surface area contributed by atoms with Gasteiger partial charge < -0.3 is 14.6 Å². The third kappa shape index (κ3) is 4.99. The maximum absolute atomic E-state index is 12.5. The van der Waals surface area contributed by atoms with E-state index in [1.54, 1.807) is 11.2 Å². The third-order valence-corrected chi connectivity index (χ3v) is 3.85. The molecule has 1 aliphatic rings. The summed E-state index contributed by atoms with van der Waals surface area (Å²) in [4.78, 5) is 20.1. The van der Waals surface area contributed by atoms with E-state index in [1.807, 2.05) is 18.2 Å². The monoisotopic (exact) mass is 377 g/mol. The summed E-state index contributed by atoms with van der Waals surface area (Å²) in [6, 6.07) is 10.9. The van der Waals surface area contributed by atoms with E-state index >= 15 is 0 Å². The van der Waals surface area contributed by atoms with Crippen molar-refractivity contribution in [2.45, 2.75) is 19.3 Å². The normalized spacial score (nSPS) is 13.8. The zero-order chi connectivity index (χ0) is 19.4. The minimum absolute atomic E-state index is 0.113. The van der Waals surface area contributed by atoms with Gasteiger partial charge in [-0.1, -0.05) is 6.07 Å². The molecule has 0 bridgehead atoms. The smallest absolute Gasteiger partial charge is 0.278 e. The molecule has 1 fully saturated rings. The molecular weight excluding hydrogens is 359 g/mol. The number of alkyl halides is 2. The van der Waals surface area contributed by atoms with Crippen LogP contribution in [0.15, 0.2) is 48.8 Å². The fourth-order valence-electron chi connectivity index (χ4n) is 2.45. The fraction of sp³-hybridized carbons (Fsp3) is 0.263. The van der Waals surface area contributed by atoms with Crippen LogP contribution in [0, 0.1) is 5.82 Å². The first-order chi connectivity index (χ1) is 12.8. The van der Waals surface area contributed by atoms with Crippen molar-refractivity contribution in [2.75, 3.05) is 18.1 Å². The summed E-state index contributed by atoms with van der Waals surface area (Å²) in [6.45, 7) is 0.835. The summed E-state index contributed by atoms with van der Waals surface area (Å²) in [5.74, 6) is -3.09. The van der Waals surface area contributed by atoms with Crippen LogP contribution in [0.4, 0.5) is 18.9 Å². The van der Waals surface area contributed by atoms with E-state index in [4.69, 9.17) is 0 Å². The number of fused-ring (bicyclic) bond motifs is 1. The van der Waals surface area contributed by atoms with Crippen molar-refractivity contribution in [1.29, 1.82) is 0 Å². The highest BCUT2D eigenvalue weighted by molar-refractivity contribution is 6.00. The molecule has 1 N–H and O–H groups in total. The molecule has 1 aromatic heterocycles. The predicted molar refractivity (Wildman–Crippen MR) is 95.6 cm³/mol. The van der Waals surface area contributed by atoms with E-state index in [0.717, 1.165) is 36.3 Å². The Bertz CT molecular complexity index is 937. The Morgan fingerprint density at radius 1 is 1.26 bits per heavy atom. The first-order valence-corrected chi connectivity index (χ1v) is 8.31.